The maximum atomic E-state index is 10.5. The van der Waals surface area contributed by atoms with E-state index in [9.17, 15) is 9.59 Å². The minimum atomic E-state index is -1.30. The summed E-state index contributed by atoms with van der Waals surface area (Å²) in [5.41, 5.74) is 6.63. The highest BCUT2D eigenvalue weighted by atomic mass is 16.4. The van der Waals surface area contributed by atoms with Crippen molar-refractivity contribution in [1.29, 1.82) is 0 Å². The molecule has 0 aromatic heterocycles. The highest BCUT2D eigenvalue weighted by molar-refractivity contribution is 5.78. The molecule has 0 saturated heterocycles. The smallest absolute Gasteiger partial charge is 0.332 e. The van der Waals surface area contributed by atoms with Crippen molar-refractivity contribution < 1.29 is 24.9 Å². The summed E-state index contributed by atoms with van der Waals surface area (Å²) in [5, 5.41) is 26.5. The summed E-state index contributed by atoms with van der Waals surface area (Å²) in [6, 6.07) is 18.3. The molecule has 5 N–H and O–H groups in total. The van der Waals surface area contributed by atoms with Crippen LogP contribution in [-0.2, 0) is 22.4 Å². The zero-order valence-electron chi connectivity index (χ0n) is 13.1. The maximum absolute atomic E-state index is 10.5. The van der Waals surface area contributed by atoms with Gasteiger partial charge in [-0.1, -0.05) is 60.7 Å². The number of hydrogen-bond acceptors (Lipinski definition) is 4. The van der Waals surface area contributed by atoms with Crippen molar-refractivity contribution in [1.82, 2.24) is 0 Å². The van der Waals surface area contributed by atoms with Gasteiger partial charge in [0.2, 0.25) is 5.91 Å². The molecule has 2 rings (SSSR count). The van der Waals surface area contributed by atoms with Gasteiger partial charge in [-0.25, -0.2) is 4.79 Å². The number of carbonyl (C=O) groups excluding carboxylic acids is 1. The molecule has 2 aromatic carbocycles. The van der Waals surface area contributed by atoms with Crippen LogP contribution in [0.4, 0.5) is 0 Å². The van der Waals surface area contributed by atoms with Gasteiger partial charge < -0.3 is 21.1 Å². The molecule has 2 atom stereocenters. The van der Waals surface area contributed by atoms with Crippen molar-refractivity contribution in [2.75, 3.05) is 0 Å². The van der Waals surface area contributed by atoms with Crippen molar-refractivity contribution in [3.63, 3.8) is 0 Å². The third-order valence-corrected chi connectivity index (χ3v) is 3.16. The van der Waals surface area contributed by atoms with Gasteiger partial charge in [-0.3, -0.25) is 4.79 Å². The molecular weight excluding hydrogens is 310 g/mol. The third kappa shape index (κ3) is 7.53. The fourth-order valence-corrected chi connectivity index (χ4v) is 1.86. The Bertz CT molecular complexity index is 573. The molecule has 0 saturated carbocycles. The predicted molar refractivity (Wildman–Crippen MR) is 89.1 cm³/mol. The molecule has 6 heteroatoms. The van der Waals surface area contributed by atoms with Crippen molar-refractivity contribution in [2.45, 2.75) is 25.0 Å². The van der Waals surface area contributed by atoms with E-state index < -0.39 is 24.1 Å². The van der Waals surface area contributed by atoms with E-state index in [0.717, 1.165) is 11.1 Å². The maximum Gasteiger partial charge on any atom is 0.332 e. The normalized spacial score (nSPS) is 12.4. The summed E-state index contributed by atoms with van der Waals surface area (Å²) in [4.78, 5) is 20.7. The van der Waals surface area contributed by atoms with Crippen molar-refractivity contribution >= 4 is 11.9 Å². The van der Waals surface area contributed by atoms with E-state index in [-0.39, 0.29) is 12.8 Å². The van der Waals surface area contributed by atoms with Crippen LogP contribution in [0, 0.1) is 0 Å². The van der Waals surface area contributed by atoms with E-state index in [2.05, 4.69) is 0 Å². The predicted octanol–water partition coefficient (Wildman–Crippen LogP) is 0.750. The van der Waals surface area contributed by atoms with Gasteiger partial charge in [0, 0.05) is 12.8 Å². The summed E-state index contributed by atoms with van der Waals surface area (Å²) in [5.74, 6) is -1.86. The third-order valence-electron chi connectivity index (χ3n) is 3.16. The largest absolute Gasteiger partial charge is 0.479 e. The van der Waals surface area contributed by atoms with Gasteiger partial charge in [0.25, 0.3) is 0 Å². The van der Waals surface area contributed by atoms with Gasteiger partial charge in [-0.15, -0.1) is 0 Å². The zero-order valence-corrected chi connectivity index (χ0v) is 13.1. The Morgan fingerprint density at radius 1 is 0.792 bits per heavy atom. The van der Waals surface area contributed by atoms with Gasteiger partial charge >= 0.3 is 5.97 Å². The first-order valence-corrected chi connectivity index (χ1v) is 7.36. The SMILES string of the molecule is NC(=O)C(O)Cc1ccccc1.O=C(O)C(O)Cc1ccccc1. The minimum absolute atomic E-state index is 0.163. The molecule has 128 valence electrons. The quantitative estimate of drug-likeness (QED) is 0.622. The monoisotopic (exact) mass is 331 g/mol. The number of carbonyl (C=O) groups is 2. The van der Waals surface area contributed by atoms with Gasteiger partial charge in [0.05, 0.1) is 0 Å². The Kier molecular flexibility index (Phi) is 8.18. The van der Waals surface area contributed by atoms with Crippen LogP contribution in [0.1, 0.15) is 11.1 Å². The van der Waals surface area contributed by atoms with E-state index >= 15 is 0 Å². The molecule has 0 heterocycles. The number of amides is 1. The van der Waals surface area contributed by atoms with E-state index in [1.165, 1.54) is 0 Å². The Labute approximate surface area is 140 Å². The number of aliphatic carboxylic acids is 1. The van der Waals surface area contributed by atoms with Crippen molar-refractivity contribution in [2.24, 2.45) is 5.73 Å². The average molecular weight is 331 g/mol. The number of aliphatic hydroxyl groups excluding tert-OH is 2. The second kappa shape index (κ2) is 10.1. The van der Waals surface area contributed by atoms with Crippen LogP contribution in [0.25, 0.3) is 0 Å². The molecule has 24 heavy (non-hydrogen) atoms. The molecule has 0 aliphatic heterocycles. The molecular formula is C18H21NO5. The number of carboxylic acid groups (broad SMARTS) is 1. The molecule has 0 radical (unpaired) electrons. The molecule has 6 nitrogen and oxygen atoms in total. The molecule has 1 amide bonds. The van der Waals surface area contributed by atoms with Crippen LogP contribution < -0.4 is 5.73 Å². The second-order valence-corrected chi connectivity index (χ2v) is 5.15. The molecule has 0 bridgehead atoms. The fourth-order valence-electron chi connectivity index (χ4n) is 1.86. The number of carboxylic acids is 1. The van der Waals surface area contributed by atoms with E-state index in [4.69, 9.17) is 21.1 Å². The number of primary amides is 1. The fraction of sp³-hybridized carbons (Fsp3) is 0.222. The van der Waals surface area contributed by atoms with E-state index in [0.29, 0.717) is 0 Å². The van der Waals surface area contributed by atoms with Crippen LogP contribution in [0.5, 0.6) is 0 Å². The molecule has 0 aliphatic carbocycles. The number of hydrogen-bond donors (Lipinski definition) is 4. The van der Waals surface area contributed by atoms with Crippen LogP contribution >= 0.6 is 0 Å². The lowest BCUT2D eigenvalue weighted by molar-refractivity contribution is -0.146. The number of rotatable bonds is 6. The van der Waals surface area contributed by atoms with Gasteiger partial charge in [0.15, 0.2) is 6.10 Å². The van der Waals surface area contributed by atoms with Crippen LogP contribution in [0.2, 0.25) is 0 Å². The van der Waals surface area contributed by atoms with E-state index in [1.54, 1.807) is 12.1 Å². The van der Waals surface area contributed by atoms with Gasteiger partial charge in [0.1, 0.15) is 6.10 Å². The average Bonchev–Trinajstić information content (AvgIpc) is 2.57. The van der Waals surface area contributed by atoms with Crippen molar-refractivity contribution in [3.8, 4) is 0 Å². The van der Waals surface area contributed by atoms with Crippen molar-refractivity contribution in [3.05, 3.63) is 71.8 Å². The van der Waals surface area contributed by atoms with Gasteiger partial charge in [-0.05, 0) is 11.1 Å². The second-order valence-electron chi connectivity index (χ2n) is 5.15. The summed E-state index contributed by atoms with van der Waals surface area (Å²) in [7, 11) is 0. The highest BCUT2D eigenvalue weighted by Crippen LogP contribution is 2.03. The Morgan fingerprint density at radius 2 is 1.17 bits per heavy atom. The van der Waals surface area contributed by atoms with Crippen LogP contribution in [-0.4, -0.2) is 39.4 Å². The number of nitrogens with two attached hydrogens (primary N) is 1. The lowest BCUT2D eigenvalue weighted by Crippen LogP contribution is -2.29. The number of aliphatic hydroxyl groups is 2. The van der Waals surface area contributed by atoms with Crippen LogP contribution in [0.3, 0.4) is 0 Å². The summed E-state index contributed by atoms with van der Waals surface area (Å²) >= 11 is 0. The lowest BCUT2D eigenvalue weighted by Gasteiger charge is -2.04. The number of benzene rings is 2. The molecule has 0 fully saturated rings. The van der Waals surface area contributed by atoms with Gasteiger partial charge in [-0.2, -0.15) is 0 Å². The molecule has 2 aromatic rings. The topological polar surface area (TPSA) is 121 Å². The first-order chi connectivity index (χ1) is 11.4. The highest BCUT2D eigenvalue weighted by Gasteiger charge is 2.12. The Morgan fingerprint density at radius 3 is 1.50 bits per heavy atom. The van der Waals surface area contributed by atoms with Crippen LogP contribution in [0.15, 0.2) is 60.7 Å². The van der Waals surface area contributed by atoms with E-state index in [1.807, 2.05) is 48.5 Å². The first kappa shape index (κ1) is 19.3. The lowest BCUT2D eigenvalue weighted by atomic mass is 10.1. The Balaban J connectivity index is 0.000000240. The standard InChI is InChI=1S/C9H11NO2.C9H10O3/c10-9(12)8(11)6-7-4-2-1-3-5-7;10-8(9(11)12)6-7-4-2-1-3-5-7/h1-5,8,11H,6H2,(H2,10,12);1-5,8,10H,6H2,(H,11,12). The summed E-state index contributed by atoms with van der Waals surface area (Å²) < 4.78 is 0. The molecule has 0 aliphatic rings. The Hall–Kier alpha value is -2.70. The summed E-state index contributed by atoms with van der Waals surface area (Å²) in [6.45, 7) is 0. The summed E-state index contributed by atoms with van der Waals surface area (Å²) in [6.07, 6.45) is -1.92. The first-order valence-electron chi connectivity index (χ1n) is 7.36. The molecule has 0 spiro atoms. The minimum Gasteiger partial charge on any atom is -0.479 e. The zero-order chi connectivity index (χ0) is 17.9. The molecule has 2 unspecified atom stereocenters.